The number of benzene rings is 1. The van der Waals surface area contributed by atoms with E-state index in [2.05, 4.69) is 0 Å². The maximum Gasteiger partial charge on any atom is 0.305 e. The zero-order valence-corrected chi connectivity index (χ0v) is 12.1. The van der Waals surface area contributed by atoms with Crippen LogP contribution in [0.2, 0.25) is 0 Å². The van der Waals surface area contributed by atoms with Gasteiger partial charge in [-0.25, -0.2) is 0 Å². The molecular weight excluding hydrogens is 254 g/mol. The minimum Gasteiger partial charge on any atom is -0.481 e. The van der Waals surface area contributed by atoms with Gasteiger partial charge >= 0.3 is 5.97 Å². The number of aryl methyl sites for hydroxylation is 2. The molecule has 0 aliphatic heterocycles. The lowest BCUT2D eigenvalue weighted by atomic mass is 10.0. The lowest BCUT2D eigenvalue weighted by Gasteiger charge is -2.22. The molecule has 0 spiro atoms. The molecule has 20 heavy (non-hydrogen) atoms. The molecule has 1 aliphatic rings. The molecule has 0 heterocycles. The number of aliphatic carboxylic acids is 1. The third kappa shape index (κ3) is 3.83. The maximum atomic E-state index is 12.4. The van der Waals surface area contributed by atoms with Crippen molar-refractivity contribution in [3.63, 3.8) is 0 Å². The van der Waals surface area contributed by atoms with Crippen LogP contribution in [-0.2, 0) is 16.0 Å². The van der Waals surface area contributed by atoms with Gasteiger partial charge in [-0.15, -0.1) is 0 Å². The van der Waals surface area contributed by atoms with E-state index in [0.29, 0.717) is 13.0 Å². The molecule has 1 N–H and O–H groups in total. The van der Waals surface area contributed by atoms with Crippen molar-refractivity contribution in [2.75, 3.05) is 6.54 Å². The minimum atomic E-state index is -0.852. The van der Waals surface area contributed by atoms with Gasteiger partial charge in [-0.1, -0.05) is 23.8 Å². The second kappa shape index (κ2) is 6.07. The summed E-state index contributed by atoms with van der Waals surface area (Å²) in [6, 6.07) is 6.35. The van der Waals surface area contributed by atoms with E-state index in [1.807, 2.05) is 32.0 Å². The maximum absolute atomic E-state index is 12.4. The molecule has 108 valence electrons. The van der Waals surface area contributed by atoms with Crippen molar-refractivity contribution in [2.45, 2.75) is 45.6 Å². The highest BCUT2D eigenvalue weighted by atomic mass is 16.4. The Hall–Kier alpha value is -1.84. The fraction of sp³-hybridized carbons (Fsp3) is 0.500. The molecule has 1 amide bonds. The zero-order chi connectivity index (χ0) is 14.7. The molecule has 0 radical (unpaired) electrons. The van der Waals surface area contributed by atoms with Gasteiger partial charge in [0.1, 0.15) is 0 Å². The van der Waals surface area contributed by atoms with Crippen molar-refractivity contribution in [2.24, 2.45) is 0 Å². The molecular formula is C16H21NO3. The summed E-state index contributed by atoms with van der Waals surface area (Å²) in [5.74, 6) is -0.808. The van der Waals surface area contributed by atoms with Crippen LogP contribution in [0.25, 0.3) is 0 Å². The number of carboxylic acid groups (broad SMARTS) is 1. The van der Waals surface area contributed by atoms with Gasteiger partial charge < -0.3 is 10.0 Å². The van der Waals surface area contributed by atoms with Crippen LogP contribution in [-0.4, -0.2) is 34.5 Å². The fourth-order valence-corrected chi connectivity index (χ4v) is 2.37. The van der Waals surface area contributed by atoms with Gasteiger partial charge in [0, 0.05) is 12.6 Å². The van der Waals surface area contributed by atoms with Gasteiger partial charge in [-0.3, -0.25) is 9.59 Å². The molecule has 1 aromatic carbocycles. The predicted molar refractivity (Wildman–Crippen MR) is 76.6 cm³/mol. The molecule has 1 saturated carbocycles. The van der Waals surface area contributed by atoms with E-state index in [-0.39, 0.29) is 18.4 Å². The number of carboxylic acids is 1. The number of rotatable bonds is 6. The topological polar surface area (TPSA) is 57.6 Å². The van der Waals surface area contributed by atoms with Crippen LogP contribution in [0, 0.1) is 13.8 Å². The zero-order valence-electron chi connectivity index (χ0n) is 12.1. The number of hydrogen-bond donors (Lipinski definition) is 1. The Morgan fingerprint density at radius 2 is 2.00 bits per heavy atom. The quantitative estimate of drug-likeness (QED) is 0.866. The highest BCUT2D eigenvalue weighted by Crippen LogP contribution is 2.28. The number of nitrogens with zero attached hydrogens (tertiary/aromatic N) is 1. The van der Waals surface area contributed by atoms with Crippen LogP contribution in [0.4, 0.5) is 0 Å². The molecule has 4 heteroatoms. The molecule has 0 aromatic heterocycles. The molecule has 2 rings (SSSR count). The Morgan fingerprint density at radius 1 is 1.30 bits per heavy atom. The van der Waals surface area contributed by atoms with Crippen LogP contribution in [0.3, 0.4) is 0 Å². The summed E-state index contributed by atoms with van der Waals surface area (Å²) in [5, 5.41) is 8.78. The molecule has 1 aromatic rings. The van der Waals surface area contributed by atoms with E-state index in [4.69, 9.17) is 5.11 Å². The van der Waals surface area contributed by atoms with Crippen LogP contribution in [0.1, 0.15) is 36.0 Å². The summed E-state index contributed by atoms with van der Waals surface area (Å²) in [4.78, 5) is 24.8. The average molecular weight is 275 g/mol. The first-order valence-electron chi connectivity index (χ1n) is 7.05. The molecule has 1 fully saturated rings. The lowest BCUT2D eigenvalue weighted by molar-refractivity contribution is -0.138. The van der Waals surface area contributed by atoms with E-state index in [1.54, 1.807) is 4.90 Å². The second-order valence-corrected chi connectivity index (χ2v) is 5.57. The van der Waals surface area contributed by atoms with Crippen molar-refractivity contribution >= 4 is 11.9 Å². The summed E-state index contributed by atoms with van der Waals surface area (Å²) >= 11 is 0. The molecule has 0 bridgehead atoms. The highest BCUT2D eigenvalue weighted by molar-refractivity contribution is 5.80. The van der Waals surface area contributed by atoms with E-state index < -0.39 is 5.97 Å². The van der Waals surface area contributed by atoms with Crippen molar-refractivity contribution in [3.05, 3.63) is 34.9 Å². The molecule has 4 nitrogen and oxygen atoms in total. The Kier molecular flexibility index (Phi) is 4.42. The van der Waals surface area contributed by atoms with Crippen molar-refractivity contribution in [1.29, 1.82) is 0 Å². The minimum absolute atomic E-state index is 0.0229. The first kappa shape index (κ1) is 14.6. The number of carbonyl (C=O) groups is 2. The Morgan fingerprint density at radius 3 is 2.60 bits per heavy atom. The van der Waals surface area contributed by atoms with E-state index >= 15 is 0 Å². The predicted octanol–water partition coefficient (Wildman–Crippen LogP) is 2.31. The van der Waals surface area contributed by atoms with Crippen LogP contribution in [0.15, 0.2) is 18.2 Å². The third-order valence-corrected chi connectivity index (χ3v) is 3.72. The van der Waals surface area contributed by atoms with E-state index in [9.17, 15) is 9.59 Å². The van der Waals surface area contributed by atoms with Gasteiger partial charge in [0.15, 0.2) is 0 Å². The summed E-state index contributed by atoms with van der Waals surface area (Å²) in [5.41, 5.74) is 3.29. The van der Waals surface area contributed by atoms with Crippen LogP contribution >= 0.6 is 0 Å². The average Bonchev–Trinajstić information content (AvgIpc) is 3.18. The smallest absolute Gasteiger partial charge is 0.305 e. The van der Waals surface area contributed by atoms with Crippen LogP contribution < -0.4 is 0 Å². The summed E-state index contributed by atoms with van der Waals surface area (Å²) in [6.45, 7) is 4.33. The molecule has 0 atom stereocenters. The number of amides is 1. The van der Waals surface area contributed by atoms with E-state index in [0.717, 1.165) is 29.5 Å². The molecule has 1 aliphatic carbocycles. The highest BCUT2D eigenvalue weighted by Gasteiger charge is 2.32. The van der Waals surface area contributed by atoms with Crippen molar-refractivity contribution in [1.82, 2.24) is 4.90 Å². The first-order valence-corrected chi connectivity index (χ1v) is 7.05. The molecule has 0 unspecified atom stereocenters. The summed E-state index contributed by atoms with van der Waals surface area (Å²) in [7, 11) is 0. The molecule has 0 saturated heterocycles. The Labute approximate surface area is 119 Å². The van der Waals surface area contributed by atoms with Gasteiger partial charge in [0.2, 0.25) is 5.91 Å². The Balaban J connectivity index is 2.04. The van der Waals surface area contributed by atoms with Crippen molar-refractivity contribution in [3.8, 4) is 0 Å². The second-order valence-electron chi connectivity index (χ2n) is 5.57. The van der Waals surface area contributed by atoms with Gasteiger partial charge in [0.25, 0.3) is 0 Å². The summed E-state index contributed by atoms with van der Waals surface area (Å²) in [6.07, 6.45) is 2.38. The van der Waals surface area contributed by atoms with E-state index in [1.165, 1.54) is 0 Å². The largest absolute Gasteiger partial charge is 0.481 e. The Bertz CT molecular complexity index is 520. The first-order chi connectivity index (χ1) is 9.47. The van der Waals surface area contributed by atoms with Gasteiger partial charge in [0.05, 0.1) is 12.8 Å². The normalized spacial score (nSPS) is 14.1. The SMILES string of the molecule is Cc1ccc(C)c(CC(=O)N(CCC(=O)O)C2CC2)c1. The van der Waals surface area contributed by atoms with Gasteiger partial charge in [-0.05, 0) is 37.8 Å². The number of hydrogen-bond acceptors (Lipinski definition) is 2. The van der Waals surface area contributed by atoms with Gasteiger partial charge in [-0.2, -0.15) is 0 Å². The fourth-order valence-electron chi connectivity index (χ4n) is 2.37. The number of carbonyl (C=O) groups excluding carboxylic acids is 1. The van der Waals surface area contributed by atoms with Crippen LogP contribution in [0.5, 0.6) is 0 Å². The standard InChI is InChI=1S/C16H21NO3/c1-11-3-4-12(2)13(9-11)10-15(18)17(14-5-6-14)8-7-16(19)20/h3-4,9,14H,5-8,10H2,1-2H3,(H,19,20). The lowest BCUT2D eigenvalue weighted by Crippen LogP contribution is -2.36. The third-order valence-electron chi connectivity index (χ3n) is 3.72. The summed E-state index contributed by atoms with van der Waals surface area (Å²) < 4.78 is 0. The monoisotopic (exact) mass is 275 g/mol. The van der Waals surface area contributed by atoms with Crippen molar-refractivity contribution < 1.29 is 14.7 Å².